The fourth-order valence-corrected chi connectivity index (χ4v) is 4.04. The number of methoxy groups -OCH3 is 1. The van der Waals surface area contributed by atoms with Crippen LogP contribution in [0.4, 0.5) is 10.1 Å². The lowest BCUT2D eigenvalue weighted by Gasteiger charge is -2.30. The molecule has 0 unspecified atom stereocenters. The monoisotopic (exact) mass is 392 g/mol. The van der Waals surface area contributed by atoms with Crippen LogP contribution in [-0.2, 0) is 5.41 Å². The van der Waals surface area contributed by atoms with E-state index in [9.17, 15) is 4.39 Å². The van der Waals surface area contributed by atoms with Gasteiger partial charge in [-0.15, -0.1) is 0 Å². The van der Waals surface area contributed by atoms with Gasteiger partial charge in [-0.3, -0.25) is 0 Å². The Morgan fingerprint density at radius 2 is 1.88 bits per heavy atom. The molecular weight excluding hydrogens is 371 g/mol. The third-order valence-corrected chi connectivity index (χ3v) is 5.56. The van der Waals surface area contributed by atoms with Crippen molar-refractivity contribution in [2.24, 2.45) is 0 Å². The third kappa shape index (κ3) is 4.27. The molecule has 0 heterocycles. The lowest BCUT2D eigenvalue weighted by molar-refractivity contribution is 0.415. The van der Waals surface area contributed by atoms with Gasteiger partial charge in [0.2, 0.25) is 0 Å². The summed E-state index contributed by atoms with van der Waals surface area (Å²) in [4.78, 5) is 0. The lowest BCUT2D eigenvalue weighted by Crippen LogP contribution is -2.40. The molecule has 0 amide bonds. The van der Waals surface area contributed by atoms with Crippen molar-refractivity contribution in [2.45, 2.75) is 31.1 Å². The van der Waals surface area contributed by atoms with E-state index in [4.69, 9.17) is 28.6 Å². The highest BCUT2D eigenvalue weighted by Gasteiger charge is 2.35. The molecule has 0 aliphatic heterocycles. The van der Waals surface area contributed by atoms with Crippen molar-refractivity contribution < 1.29 is 9.13 Å². The highest BCUT2D eigenvalue weighted by Crippen LogP contribution is 2.40. The van der Waals surface area contributed by atoms with Crippen molar-refractivity contribution in [3.63, 3.8) is 0 Å². The molecule has 0 saturated heterocycles. The first-order valence-electron chi connectivity index (χ1n) is 8.67. The van der Waals surface area contributed by atoms with Crippen LogP contribution in [0.3, 0.4) is 0 Å². The van der Waals surface area contributed by atoms with Gasteiger partial charge in [-0.05, 0) is 61.0 Å². The van der Waals surface area contributed by atoms with E-state index in [-0.39, 0.29) is 11.2 Å². The molecule has 26 heavy (non-hydrogen) atoms. The number of nitrogens with one attached hydrogen (secondary N) is 2. The summed E-state index contributed by atoms with van der Waals surface area (Å²) >= 11 is 11.6. The van der Waals surface area contributed by atoms with Crippen molar-refractivity contribution >= 4 is 34.6 Å². The molecule has 2 aromatic carbocycles. The fourth-order valence-electron chi connectivity index (χ4n) is 3.59. The lowest BCUT2D eigenvalue weighted by atomic mass is 9.79. The Balaban J connectivity index is 1.65. The number of thiocarbonyl (C=S) groups is 1. The summed E-state index contributed by atoms with van der Waals surface area (Å²) in [5.41, 5.74) is 1.96. The maximum absolute atomic E-state index is 13.3. The number of anilines is 1. The standard InChI is InChI=1S/C20H22ClFN2OS/c1-25-18-9-8-16(12-17(18)21)24-19(26)23-13-20(10-2-3-11-20)14-4-6-15(22)7-5-14/h4-9,12H,2-3,10-11,13H2,1H3,(H2,23,24,26). The van der Waals surface area contributed by atoms with Crippen molar-refractivity contribution in [1.29, 1.82) is 0 Å². The molecule has 1 fully saturated rings. The molecule has 0 bridgehead atoms. The SMILES string of the molecule is COc1ccc(NC(=S)NCC2(c3ccc(F)cc3)CCCC2)cc1Cl. The van der Waals surface area contributed by atoms with Gasteiger partial charge in [0.05, 0.1) is 12.1 Å². The number of hydrogen-bond donors (Lipinski definition) is 2. The van der Waals surface area contributed by atoms with E-state index in [1.807, 2.05) is 18.2 Å². The van der Waals surface area contributed by atoms with Crippen LogP contribution in [0.2, 0.25) is 5.02 Å². The molecule has 2 N–H and O–H groups in total. The van der Waals surface area contributed by atoms with Crippen LogP contribution >= 0.6 is 23.8 Å². The van der Waals surface area contributed by atoms with Gasteiger partial charge in [0.1, 0.15) is 11.6 Å². The van der Waals surface area contributed by atoms with Gasteiger partial charge in [0.25, 0.3) is 0 Å². The molecule has 1 aliphatic rings. The molecule has 2 aromatic rings. The number of ether oxygens (including phenoxy) is 1. The minimum atomic E-state index is -0.205. The zero-order chi connectivity index (χ0) is 18.6. The molecule has 0 spiro atoms. The largest absolute Gasteiger partial charge is 0.495 e. The second kappa shape index (κ2) is 8.23. The predicted molar refractivity (Wildman–Crippen MR) is 109 cm³/mol. The molecule has 1 aliphatic carbocycles. The Labute approximate surface area is 163 Å². The number of halogens is 2. The molecular formula is C20H22ClFN2OS. The smallest absolute Gasteiger partial charge is 0.170 e. The summed E-state index contributed by atoms with van der Waals surface area (Å²) < 4.78 is 18.4. The Morgan fingerprint density at radius 1 is 1.19 bits per heavy atom. The van der Waals surface area contributed by atoms with E-state index in [2.05, 4.69) is 10.6 Å². The highest BCUT2D eigenvalue weighted by atomic mass is 35.5. The van der Waals surface area contributed by atoms with Crippen LogP contribution in [0.25, 0.3) is 0 Å². The summed E-state index contributed by atoms with van der Waals surface area (Å²) in [6.45, 7) is 0.717. The molecule has 0 radical (unpaired) electrons. The maximum Gasteiger partial charge on any atom is 0.170 e. The van der Waals surface area contributed by atoms with Crippen LogP contribution in [-0.4, -0.2) is 18.8 Å². The Kier molecular flexibility index (Phi) is 5.99. The third-order valence-electron chi connectivity index (χ3n) is 5.01. The second-order valence-electron chi connectivity index (χ2n) is 6.65. The maximum atomic E-state index is 13.3. The predicted octanol–water partition coefficient (Wildman–Crippen LogP) is 5.29. The van der Waals surface area contributed by atoms with Crippen LogP contribution in [0, 0.1) is 5.82 Å². The summed E-state index contributed by atoms with van der Waals surface area (Å²) in [5, 5.41) is 7.55. The average molecular weight is 393 g/mol. The summed E-state index contributed by atoms with van der Waals surface area (Å²) in [7, 11) is 1.58. The first-order valence-corrected chi connectivity index (χ1v) is 9.45. The molecule has 1 saturated carbocycles. The first kappa shape index (κ1) is 18.9. The summed E-state index contributed by atoms with van der Waals surface area (Å²) in [5.74, 6) is 0.417. The number of benzene rings is 2. The molecule has 138 valence electrons. The van der Waals surface area contributed by atoms with E-state index in [1.165, 1.54) is 30.5 Å². The number of hydrogen-bond acceptors (Lipinski definition) is 2. The van der Waals surface area contributed by atoms with E-state index in [1.54, 1.807) is 19.2 Å². The van der Waals surface area contributed by atoms with Gasteiger partial charge < -0.3 is 15.4 Å². The van der Waals surface area contributed by atoms with Crippen molar-refractivity contribution in [3.05, 3.63) is 58.9 Å². The van der Waals surface area contributed by atoms with Gasteiger partial charge in [0, 0.05) is 17.6 Å². The van der Waals surface area contributed by atoms with E-state index < -0.39 is 0 Å². The van der Waals surface area contributed by atoms with E-state index in [0.717, 1.165) is 18.5 Å². The van der Waals surface area contributed by atoms with Gasteiger partial charge in [-0.1, -0.05) is 36.6 Å². The minimum Gasteiger partial charge on any atom is -0.495 e. The molecule has 6 heteroatoms. The normalized spacial score (nSPS) is 15.5. The molecule has 0 atom stereocenters. The molecule has 3 rings (SSSR count). The number of rotatable bonds is 5. The second-order valence-corrected chi connectivity index (χ2v) is 7.47. The van der Waals surface area contributed by atoms with Crippen LogP contribution in [0.1, 0.15) is 31.2 Å². The van der Waals surface area contributed by atoms with Crippen molar-refractivity contribution in [1.82, 2.24) is 5.32 Å². The van der Waals surface area contributed by atoms with Crippen molar-refractivity contribution in [2.75, 3.05) is 19.0 Å². The van der Waals surface area contributed by atoms with Crippen molar-refractivity contribution in [3.8, 4) is 5.75 Å². The topological polar surface area (TPSA) is 33.3 Å². The zero-order valence-electron chi connectivity index (χ0n) is 14.6. The Bertz CT molecular complexity index is 776. The molecule has 3 nitrogen and oxygen atoms in total. The van der Waals surface area contributed by atoms with Gasteiger partial charge >= 0.3 is 0 Å². The minimum absolute atomic E-state index is 0.00298. The highest BCUT2D eigenvalue weighted by molar-refractivity contribution is 7.80. The van der Waals surface area contributed by atoms with Crippen LogP contribution < -0.4 is 15.4 Å². The fraction of sp³-hybridized carbons (Fsp3) is 0.350. The van der Waals surface area contributed by atoms with Gasteiger partial charge in [0.15, 0.2) is 5.11 Å². The first-order chi connectivity index (χ1) is 12.5. The van der Waals surface area contributed by atoms with Crippen LogP contribution in [0.5, 0.6) is 5.75 Å². The quantitative estimate of drug-likeness (QED) is 0.677. The van der Waals surface area contributed by atoms with Gasteiger partial charge in [-0.25, -0.2) is 4.39 Å². The van der Waals surface area contributed by atoms with Gasteiger partial charge in [-0.2, -0.15) is 0 Å². The van der Waals surface area contributed by atoms with Crippen LogP contribution in [0.15, 0.2) is 42.5 Å². The Hall–Kier alpha value is -1.85. The van der Waals surface area contributed by atoms with E-state index >= 15 is 0 Å². The molecule has 0 aromatic heterocycles. The average Bonchev–Trinajstić information content (AvgIpc) is 3.11. The van der Waals surface area contributed by atoms with E-state index in [0.29, 0.717) is 22.4 Å². The Morgan fingerprint density at radius 3 is 2.50 bits per heavy atom. The zero-order valence-corrected chi connectivity index (χ0v) is 16.2. The summed E-state index contributed by atoms with van der Waals surface area (Å²) in [6.07, 6.45) is 4.49. The summed E-state index contributed by atoms with van der Waals surface area (Å²) in [6, 6.07) is 12.3.